The van der Waals surface area contributed by atoms with Crippen molar-refractivity contribution in [1.82, 2.24) is 20.1 Å². The maximum absolute atomic E-state index is 12.2. The average molecular weight is 354 g/mol. The summed E-state index contributed by atoms with van der Waals surface area (Å²) in [7, 11) is 0. The molecule has 1 aliphatic heterocycles. The molecule has 0 atom stereocenters. The van der Waals surface area contributed by atoms with Crippen molar-refractivity contribution in [3.63, 3.8) is 0 Å². The van der Waals surface area contributed by atoms with Gasteiger partial charge in [-0.15, -0.1) is 0 Å². The van der Waals surface area contributed by atoms with E-state index in [-0.39, 0.29) is 5.91 Å². The van der Waals surface area contributed by atoms with Crippen molar-refractivity contribution < 1.29 is 9.53 Å². The lowest BCUT2D eigenvalue weighted by atomic mass is 10.1. The molecule has 1 amide bonds. The van der Waals surface area contributed by atoms with Crippen LogP contribution in [-0.4, -0.2) is 33.8 Å². The number of aryl methyl sites for hydroxylation is 1. The van der Waals surface area contributed by atoms with E-state index < -0.39 is 0 Å². The minimum Gasteiger partial charge on any atom is -0.376 e. The summed E-state index contributed by atoms with van der Waals surface area (Å²) in [6.07, 6.45) is 9.12. The lowest BCUT2D eigenvalue weighted by Crippen LogP contribution is -2.26. The number of aromatic nitrogens is 3. The lowest BCUT2D eigenvalue weighted by Gasteiger charge is -2.15. The minimum absolute atomic E-state index is 0.0845. The zero-order valence-corrected chi connectivity index (χ0v) is 15.1. The van der Waals surface area contributed by atoms with Gasteiger partial charge < -0.3 is 10.1 Å². The third-order valence-corrected chi connectivity index (χ3v) is 5.18. The van der Waals surface area contributed by atoms with Crippen LogP contribution in [0.15, 0.2) is 24.5 Å². The molecule has 138 valence electrons. The van der Waals surface area contributed by atoms with E-state index in [1.54, 1.807) is 12.4 Å². The van der Waals surface area contributed by atoms with Crippen LogP contribution in [0.1, 0.15) is 41.8 Å². The zero-order valence-electron chi connectivity index (χ0n) is 15.1. The minimum atomic E-state index is 0.0845. The van der Waals surface area contributed by atoms with Gasteiger partial charge in [0.15, 0.2) is 0 Å². The lowest BCUT2D eigenvalue weighted by molar-refractivity contribution is -0.121. The molecule has 1 saturated carbocycles. The van der Waals surface area contributed by atoms with Gasteiger partial charge in [0.1, 0.15) is 0 Å². The van der Waals surface area contributed by atoms with Crippen molar-refractivity contribution in [2.45, 2.75) is 51.7 Å². The number of ether oxygens (including phenoxy) is 1. The molecule has 2 aliphatic rings. The first kappa shape index (κ1) is 17.2. The van der Waals surface area contributed by atoms with Crippen molar-refractivity contribution in [3.8, 4) is 0 Å². The topological polar surface area (TPSA) is 69.0 Å². The van der Waals surface area contributed by atoms with Crippen LogP contribution in [0.2, 0.25) is 0 Å². The SMILES string of the molecule is O=C(CCc1nn(CC2CC2)c2c1COCC2)NCCc1ccncc1. The monoisotopic (exact) mass is 354 g/mol. The van der Waals surface area contributed by atoms with Gasteiger partial charge in [-0.2, -0.15) is 5.10 Å². The zero-order chi connectivity index (χ0) is 17.8. The fraction of sp³-hybridized carbons (Fsp3) is 0.550. The Hall–Kier alpha value is -2.21. The summed E-state index contributed by atoms with van der Waals surface area (Å²) >= 11 is 0. The summed E-state index contributed by atoms with van der Waals surface area (Å²) in [5, 5.41) is 7.83. The molecule has 1 fully saturated rings. The first-order valence-corrected chi connectivity index (χ1v) is 9.60. The molecule has 0 aromatic carbocycles. The highest BCUT2D eigenvalue weighted by molar-refractivity contribution is 5.76. The predicted molar refractivity (Wildman–Crippen MR) is 97.6 cm³/mol. The summed E-state index contributed by atoms with van der Waals surface area (Å²) in [6, 6.07) is 3.95. The van der Waals surface area contributed by atoms with Crippen LogP contribution in [0.4, 0.5) is 0 Å². The Morgan fingerprint density at radius 3 is 2.92 bits per heavy atom. The van der Waals surface area contributed by atoms with Crippen LogP contribution >= 0.6 is 0 Å². The van der Waals surface area contributed by atoms with Gasteiger partial charge >= 0.3 is 0 Å². The molecule has 1 N–H and O–H groups in total. The number of carbonyl (C=O) groups is 1. The van der Waals surface area contributed by atoms with Crippen LogP contribution in [0.3, 0.4) is 0 Å². The number of nitrogens with zero attached hydrogens (tertiary/aromatic N) is 3. The number of carbonyl (C=O) groups excluding carboxylic acids is 1. The maximum Gasteiger partial charge on any atom is 0.220 e. The molecule has 6 heteroatoms. The van der Waals surface area contributed by atoms with Gasteiger partial charge in [-0.1, -0.05) is 0 Å². The van der Waals surface area contributed by atoms with E-state index in [4.69, 9.17) is 9.84 Å². The molecule has 2 aromatic rings. The standard InChI is InChI=1S/C20H26N4O2/c25-20(22-11-7-15-5-9-21-10-6-15)4-3-18-17-14-26-12-8-19(17)24(23-18)13-16-1-2-16/h5-6,9-10,16H,1-4,7-8,11-14H2,(H,22,25). The smallest absolute Gasteiger partial charge is 0.220 e. The van der Waals surface area contributed by atoms with Crippen LogP contribution < -0.4 is 5.32 Å². The molecule has 0 radical (unpaired) electrons. The summed E-state index contributed by atoms with van der Waals surface area (Å²) in [6.45, 7) is 3.10. The molecular weight excluding hydrogens is 328 g/mol. The van der Waals surface area contributed by atoms with E-state index in [0.29, 0.717) is 26.0 Å². The molecule has 0 bridgehead atoms. The van der Waals surface area contributed by atoms with Crippen molar-refractivity contribution >= 4 is 5.91 Å². The first-order valence-electron chi connectivity index (χ1n) is 9.60. The van der Waals surface area contributed by atoms with Crippen molar-refractivity contribution in [3.05, 3.63) is 47.0 Å². The van der Waals surface area contributed by atoms with Crippen LogP contribution in [-0.2, 0) is 41.9 Å². The van der Waals surface area contributed by atoms with E-state index >= 15 is 0 Å². The molecule has 3 heterocycles. The van der Waals surface area contributed by atoms with Crippen molar-refractivity contribution in [1.29, 1.82) is 0 Å². The fourth-order valence-corrected chi connectivity index (χ4v) is 3.49. The first-order chi connectivity index (χ1) is 12.8. The summed E-state index contributed by atoms with van der Waals surface area (Å²) < 4.78 is 7.82. The van der Waals surface area contributed by atoms with Crippen molar-refractivity contribution in [2.75, 3.05) is 13.2 Å². The molecule has 0 unspecified atom stereocenters. The van der Waals surface area contributed by atoms with E-state index in [1.165, 1.54) is 29.7 Å². The number of pyridine rings is 1. The van der Waals surface area contributed by atoms with Crippen LogP contribution in [0, 0.1) is 5.92 Å². The van der Waals surface area contributed by atoms with E-state index in [0.717, 1.165) is 37.6 Å². The van der Waals surface area contributed by atoms with Crippen LogP contribution in [0.25, 0.3) is 0 Å². The predicted octanol–water partition coefficient (Wildman–Crippen LogP) is 2.05. The number of hydrogen-bond acceptors (Lipinski definition) is 4. The Kier molecular flexibility index (Phi) is 5.29. The Balaban J connectivity index is 1.29. The van der Waals surface area contributed by atoms with Gasteiger partial charge in [0.05, 0.1) is 18.9 Å². The number of amides is 1. The van der Waals surface area contributed by atoms with Gasteiger partial charge in [-0.05, 0) is 42.9 Å². The summed E-state index contributed by atoms with van der Waals surface area (Å²) in [5.41, 5.74) is 4.78. The molecule has 26 heavy (non-hydrogen) atoms. The van der Waals surface area contributed by atoms with E-state index in [2.05, 4.69) is 15.0 Å². The van der Waals surface area contributed by atoms with Gasteiger partial charge in [0, 0.05) is 56.0 Å². The van der Waals surface area contributed by atoms with Gasteiger partial charge in [-0.3, -0.25) is 14.5 Å². The maximum atomic E-state index is 12.2. The average Bonchev–Trinajstić information content (AvgIpc) is 3.42. The number of rotatable bonds is 8. The second-order valence-corrected chi connectivity index (χ2v) is 7.26. The second kappa shape index (κ2) is 7.99. The number of fused-ring (bicyclic) bond motifs is 1. The molecule has 2 aromatic heterocycles. The molecular formula is C20H26N4O2. The molecule has 0 saturated heterocycles. The van der Waals surface area contributed by atoms with E-state index in [9.17, 15) is 4.79 Å². The Morgan fingerprint density at radius 2 is 2.12 bits per heavy atom. The highest BCUT2D eigenvalue weighted by Crippen LogP contribution is 2.32. The Bertz CT molecular complexity index is 753. The fourth-order valence-electron chi connectivity index (χ4n) is 3.49. The molecule has 0 spiro atoms. The molecule has 4 rings (SSSR count). The highest BCUT2D eigenvalue weighted by Gasteiger charge is 2.27. The van der Waals surface area contributed by atoms with Crippen LogP contribution in [0.5, 0.6) is 0 Å². The summed E-state index contributed by atoms with van der Waals surface area (Å²) in [5.74, 6) is 0.882. The largest absolute Gasteiger partial charge is 0.376 e. The third kappa shape index (κ3) is 4.30. The summed E-state index contributed by atoms with van der Waals surface area (Å²) in [4.78, 5) is 16.2. The second-order valence-electron chi connectivity index (χ2n) is 7.26. The Labute approximate surface area is 154 Å². The van der Waals surface area contributed by atoms with Gasteiger partial charge in [-0.25, -0.2) is 0 Å². The normalized spacial score (nSPS) is 16.3. The number of nitrogens with one attached hydrogen (secondary N) is 1. The van der Waals surface area contributed by atoms with Gasteiger partial charge in [0.2, 0.25) is 5.91 Å². The van der Waals surface area contributed by atoms with E-state index in [1.807, 2.05) is 12.1 Å². The quantitative estimate of drug-likeness (QED) is 0.788. The van der Waals surface area contributed by atoms with Gasteiger partial charge in [0.25, 0.3) is 0 Å². The molecule has 6 nitrogen and oxygen atoms in total. The third-order valence-electron chi connectivity index (χ3n) is 5.18. The molecule has 1 aliphatic carbocycles. The van der Waals surface area contributed by atoms with Crippen molar-refractivity contribution in [2.24, 2.45) is 5.92 Å². The highest BCUT2D eigenvalue weighted by atomic mass is 16.5. The Morgan fingerprint density at radius 1 is 1.27 bits per heavy atom. The number of hydrogen-bond donors (Lipinski definition) is 1.